The van der Waals surface area contributed by atoms with Gasteiger partial charge in [-0.3, -0.25) is 9.59 Å². The maximum Gasteiger partial charge on any atom is 0.338 e. The van der Waals surface area contributed by atoms with Crippen molar-refractivity contribution >= 4 is 23.2 Å². The molecule has 2 aromatic heterocycles. The Morgan fingerprint density at radius 1 is 1.25 bits per heavy atom. The summed E-state index contributed by atoms with van der Waals surface area (Å²) in [6, 6.07) is 9.37. The molecule has 0 aliphatic rings. The molecule has 0 radical (unpaired) electrons. The maximum atomic E-state index is 12.3. The highest BCUT2D eigenvalue weighted by Crippen LogP contribution is 2.14. The first kappa shape index (κ1) is 19.3. The van der Waals surface area contributed by atoms with Crippen LogP contribution >= 0.6 is 0 Å². The number of anilines is 1. The number of rotatable bonds is 6. The summed E-state index contributed by atoms with van der Waals surface area (Å²) >= 11 is 0. The molecule has 0 saturated carbocycles. The molecule has 0 spiro atoms. The lowest BCUT2D eigenvalue weighted by Crippen LogP contribution is -2.15. The predicted molar refractivity (Wildman–Crippen MR) is 102 cm³/mol. The van der Waals surface area contributed by atoms with Crippen LogP contribution in [-0.2, 0) is 16.1 Å². The molecule has 0 fully saturated rings. The van der Waals surface area contributed by atoms with E-state index in [1.807, 2.05) is 13.8 Å². The minimum Gasteiger partial charge on any atom is -0.456 e. The van der Waals surface area contributed by atoms with Gasteiger partial charge in [-0.2, -0.15) is 0 Å². The number of ether oxygens (including phenoxy) is 1. The number of nitrogens with zero attached hydrogens (tertiary/aromatic N) is 2. The highest BCUT2D eigenvalue weighted by Gasteiger charge is 2.12. The zero-order valence-electron chi connectivity index (χ0n) is 15.9. The van der Waals surface area contributed by atoms with Gasteiger partial charge in [0.2, 0.25) is 5.91 Å². The SMILES string of the molecule is Cc1cc2nc(COC(=O)c3cccc(NC(=O)CC(C)C)c3)cc(=O)n2o1. The Balaban J connectivity index is 1.67. The van der Waals surface area contributed by atoms with Gasteiger partial charge in [-0.1, -0.05) is 19.9 Å². The number of benzene rings is 1. The first-order valence-electron chi connectivity index (χ1n) is 8.88. The van der Waals surface area contributed by atoms with E-state index >= 15 is 0 Å². The second-order valence-electron chi connectivity index (χ2n) is 6.89. The first-order valence-corrected chi connectivity index (χ1v) is 8.88. The molecule has 3 rings (SSSR count). The van der Waals surface area contributed by atoms with Crippen molar-refractivity contribution in [3.8, 4) is 0 Å². The molecule has 28 heavy (non-hydrogen) atoms. The normalized spacial score (nSPS) is 11.0. The molecular formula is C20H21N3O5. The quantitative estimate of drug-likeness (QED) is 0.657. The first-order chi connectivity index (χ1) is 13.3. The molecule has 0 bridgehead atoms. The van der Waals surface area contributed by atoms with E-state index in [4.69, 9.17) is 9.26 Å². The van der Waals surface area contributed by atoms with Gasteiger partial charge in [-0.25, -0.2) is 9.78 Å². The van der Waals surface area contributed by atoms with Crippen LogP contribution in [0, 0.1) is 12.8 Å². The van der Waals surface area contributed by atoms with Crippen molar-refractivity contribution in [3.05, 3.63) is 63.8 Å². The Morgan fingerprint density at radius 3 is 2.79 bits per heavy atom. The van der Waals surface area contributed by atoms with Gasteiger partial charge in [0.15, 0.2) is 5.65 Å². The van der Waals surface area contributed by atoms with Gasteiger partial charge in [0.1, 0.15) is 12.4 Å². The fraction of sp³-hybridized carbons (Fsp3) is 0.300. The molecule has 8 heteroatoms. The third-order valence-corrected chi connectivity index (χ3v) is 3.85. The molecule has 2 heterocycles. The van der Waals surface area contributed by atoms with E-state index in [0.717, 1.165) is 4.57 Å². The number of aromatic nitrogens is 2. The van der Waals surface area contributed by atoms with Gasteiger partial charge < -0.3 is 14.6 Å². The summed E-state index contributed by atoms with van der Waals surface area (Å²) in [5.74, 6) is 0.0929. The summed E-state index contributed by atoms with van der Waals surface area (Å²) < 4.78 is 11.5. The topological polar surface area (TPSA) is 103 Å². The third-order valence-electron chi connectivity index (χ3n) is 3.85. The van der Waals surface area contributed by atoms with Gasteiger partial charge in [0, 0.05) is 24.2 Å². The molecule has 0 aliphatic heterocycles. The third kappa shape index (κ3) is 4.64. The van der Waals surface area contributed by atoms with Crippen molar-refractivity contribution in [1.82, 2.24) is 9.56 Å². The minimum absolute atomic E-state index is 0.117. The van der Waals surface area contributed by atoms with E-state index in [0.29, 0.717) is 34.8 Å². The van der Waals surface area contributed by atoms with Crippen molar-refractivity contribution in [2.75, 3.05) is 5.32 Å². The Labute approximate surface area is 161 Å². The van der Waals surface area contributed by atoms with Crippen molar-refractivity contribution in [1.29, 1.82) is 0 Å². The van der Waals surface area contributed by atoms with E-state index in [2.05, 4.69) is 10.3 Å². The minimum atomic E-state index is -0.578. The monoisotopic (exact) mass is 383 g/mol. The van der Waals surface area contributed by atoms with Crippen LogP contribution in [0.5, 0.6) is 0 Å². The predicted octanol–water partition coefficient (Wildman–Crippen LogP) is 2.94. The highest BCUT2D eigenvalue weighted by molar-refractivity contribution is 5.94. The summed E-state index contributed by atoms with van der Waals surface area (Å²) in [6.07, 6.45) is 0.395. The smallest absolute Gasteiger partial charge is 0.338 e. The molecule has 0 aliphatic carbocycles. The van der Waals surface area contributed by atoms with Crippen LogP contribution in [0.2, 0.25) is 0 Å². The van der Waals surface area contributed by atoms with Crippen LogP contribution in [0.15, 0.2) is 45.7 Å². The van der Waals surface area contributed by atoms with E-state index in [9.17, 15) is 14.4 Å². The molecule has 0 unspecified atom stereocenters. The summed E-state index contributed by atoms with van der Waals surface area (Å²) in [6.45, 7) is 5.46. The molecule has 0 atom stereocenters. The van der Waals surface area contributed by atoms with Crippen LogP contribution in [-0.4, -0.2) is 21.4 Å². The molecule has 146 valence electrons. The van der Waals surface area contributed by atoms with Gasteiger partial charge in [-0.15, -0.1) is 4.57 Å². The standard InChI is InChI=1S/C20H21N3O5/c1-12(2)7-18(24)22-15-6-4-5-14(9-15)20(26)27-11-16-10-19(25)23-17(21-16)8-13(3)28-23/h4-6,8-10,12H,7,11H2,1-3H3,(H,22,24). The van der Waals surface area contributed by atoms with E-state index in [-0.39, 0.29) is 24.0 Å². The van der Waals surface area contributed by atoms with Crippen LogP contribution in [0.25, 0.3) is 5.65 Å². The van der Waals surface area contributed by atoms with Gasteiger partial charge in [-0.05, 0) is 31.0 Å². The van der Waals surface area contributed by atoms with Crippen LogP contribution in [0.3, 0.4) is 0 Å². The molecule has 3 aromatic rings. The lowest BCUT2D eigenvalue weighted by molar-refractivity contribution is -0.116. The Bertz CT molecular complexity index is 1080. The number of carbonyl (C=O) groups is 2. The molecule has 1 aromatic carbocycles. The van der Waals surface area contributed by atoms with Gasteiger partial charge in [0.05, 0.1) is 11.3 Å². The van der Waals surface area contributed by atoms with Gasteiger partial charge in [0.25, 0.3) is 5.56 Å². The Kier molecular flexibility index (Phi) is 5.58. The number of hydrogen-bond acceptors (Lipinski definition) is 6. The number of esters is 1. The number of carbonyl (C=O) groups excluding carboxylic acids is 2. The van der Waals surface area contributed by atoms with Crippen molar-refractivity contribution < 1.29 is 18.8 Å². The van der Waals surface area contributed by atoms with Crippen molar-refractivity contribution in [2.24, 2.45) is 5.92 Å². The average molecular weight is 383 g/mol. The number of aryl methyl sites for hydroxylation is 1. The average Bonchev–Trinajstić information content (AvgIpc) is 3.00. The lowest BCUT2D eigenvalue weighted by atomic mass is 10.1. The van der Waals surface area contributed by atoms with Crippen LogP contribution in [0.1, 0.15) is 42.1 Å². The molecule has 0 saturated heterocycles. The highest BCUT2D eigenvalue weighted by atomic mass is 16.5. The maximum absolute atomic E-state index is 12.3. The van der Waals surface area contributed by atoms with Crippen molar-refractivity contribution in [2.45, 2.75) is 33.8 Å². The summed E-state index contributed by atoms with van der Waals surface area (Å²) in [5.41, 5.74) is 1.09. The number of amides is 1. The van der Waals surface area contributed by atoms with Crippen molar-refractivity contribution in [3.63, 3.8) is 0 Å². The van der Waals surface area contributed by atoms with E-state index < -0.39 is 5.97 Å². The Hall–Kier alpha value is -3.42. The molecule has 1 amide bonds. The van der Waals surface area contributed by atoms with E-state index in [1.165, 1.54) is 6.07 Å². The summed E-state index contributed by atoms with van der Waals surface area (Å²) in [4.78, 5) is 40.4. The summed E-state index contributed by atoms with van der Waals surface area (Å²) in [5, 5.41) is 2.76. The largest absolute Gasteiger partial charge is 0.456 e. The van der Waals surface area contributed by atoms with Crippen LogP contribution in [0.4, 0.5) is 5.69 Å². The number of fused-ring (bicyclic) bond motifs is 1. The fourth-order valence-corrected chi connectivity index (χ4v) is 2.68. The fourth-order valence-electron chi connectivity index (χ4n) is 2.68. The number of hydrogen-bond donors (Lipinski definition) is 1. The molecule has 8 nitrogen and oxygen atoms in total. The summed E-state index contributed by atoms with van der Waals surface area (Å²) in [7, 11) is 0. The zero-order valence-corrected chi connectivity index (χ0v) is 15.9. The zero-order chi connectivity index (χ0) is 20.3. The Morgan fingerprint density at radius 2 is 2.04 bits per heavy atom. The lowest BCUT2D eigenvalue weighted by Gasteiger charge is -2.09. The van der Waals surface area contributed by atoms with E-state index in [1.54, 1.807) is 37.3 Å². The molecule has 1 N–H and O–H groups in total. The van der Waals surface area contributed by atoms with Gasteiger partial charge >= 0.3 is 5.97 Å². The van der Waals surface area contributed by atoms with Crippen LogP contribution < -0.4 is 10.9 Å². The number of nitrogens with one attached hydrogen (secondary N) is 1. The molecular weight excluding hydrogens is 362 g/mol. The second-order valence-corrected chi connectivity index (χ2v) is 6.89. The second kappa shape index (κ2) is 8.08.